The average molecular weight is 425 g/mol. The van der Waals surface area contributed by atoms with Gasteiger partial charge >= 0.3 is 0 Å². The molecule has 2 aromatic rings. The molecule has 7 heteroatoms. The first-order valence-corrected chi connectivity index (χ1v) is 9.97. The molecule has 0 aliphatic rings. The Morgan fingerprint density at radius 3 is 2.28 bits per heavy atom. The maximum absolute atomic E-state index is 12.6. The molecule has 0 unspecified atom stereocenters. The lowest BCUT2D eigenvalue weighted by Gasteiger charge is -2.18. The van der Waals surface area contributed by atoms with Crippen LogP contribution < -0.4 is 10.0 Å². The molecule has 134 valence electrons. The molecular weight excluding hydrogens is 404 g/mol. The first-order valence-electron chi connectivity index (χ1n) is 7.69. The molecule has 0 saturated carbocycles. The number of carbonyl (C=O) groups is 1. The summed E-state index contributed by atoms with van der Waals surface area (Å²) in [4.78, 5) is 12.2. The summed E-state index contributed by atoms with van der Waals surface area (Å²) in [5.41, 5.74) is 1.32. The van der Waals surface area contributed by atoms with Crippen molar-refractivity contribution in [2.75, 3.05) is 10.0 Å². The summed E-state index contributed by atoms with van der Waals surface area (Å²) in [7, 11) is -3.74. The summed E-state index contributed by atoms with van der Waals surface area (Å²) < 4.78 is 28.2. The molecule has 1 amide bonds. The Labute approximate surface area is 157 Å². The van der Waals surface area contributed by atoms with Gasteiger partial charge in [-0.05, 0) is 58.7 Å². The summed E-state index contributed by atoms with van der Waals surface area (Å²) in [6.45, 7) is 7.31. The van der Waals surface area contributed by atoms with E-state index < -0.39 is 15.4 Å². The molecule has 0 radical (unpaired) electrons. The van der Waals surface area contributed by atoms with Crippen LogP contribution in [0.2, 0.25) is 0 Å². The van der Waals surface area contributed by atoms with Crippen molar-refractivity contribution < 1.29 is 13.2 Å². The smallest absolute Gasteiger partial charge is 0.263 e. The fourth-order valence-electron chi connectivity index (χ4n) is 2.01. The van der Waals surface area contributed by atoms with Crippen molar-refractivity contribution in [2.24, 2.45) is 5.41 Å². The molecular formula is C18H21BrN2O3S. The van der Waals surface area contributed by atoms with E-state index in [0.717, 1.165) is 5.56 Å². The largest absolute Gasteiger partial charge is 0.326 e. The van der Waals surface area contributed by atoms with E-state index in [1.54, 1.807) is 42.5 Å². The highest BCUT2D eigenvalue weighted by atomic mass is 79.9. The quantitative estimate of drug-likeness (QED) is 0.755. The lowest BCUT2D eigenvalue weighted by Crippen LogP contribution is -2.27. The first-order chi connectivity index (χ1) is 11.5. The molecule has 0 atom stereocenters. The lowest BCUT2D eigenvalue weighted by atomic mass is 9.95. The normalized spacial score (nSPS) is 11.9. The van der Waals surface area contributed by atoms with E-state index >= 15 is 0 Å². The third-order valence-corrected chi connectivity index (χ3v) is 5.79. The molecule has 25 heavy (non-hydrogen) atoms. The molecule has 5 nitrogen and oxygen atoms in total. The standard InChI is InChI=1S/C18H21BrN2O3S/c1-12-8-9-16(15(19)10-12)25(23,24)21-14-7-5-6-13(11-14)20-17(22)18(2,3)4/h5-11,21H,1-4H3,(H,20,22). The van der Waals surface area contributed by atoms with E-state index in [1.807, 2.05) is 27.7 Å². The van der Waals surface area contributed by atoms with Crippen LogP contribution in [0.5, 0.6) is 0 Å². The molecule has 0 aliphatic carbocycles. The number of hydrogen-bond acceptors (Lipinski definition) is 3. The Bertz CT molecular complexity index is 903. The fraction of sp³-hybridized carbons (Fsp3) is 0.278. The van der Waals surface area contributed by atoms with Crippen LogP contribution in [0.15, 0.2) is 51.8 Å². The highest BCUT2D eigenvalue weighted by Crippen LogP contribution is 2.26. The van der Waals surface area contributed by atoms with Gasteiger partial charge in [-0.15, -0.1) is 0 Å². The molecule has 0 heterocycles. The highest BCUT2D eigenvalue weighted by molar-refractivity contribution is 9.10. The van der Waals surface area contributed by atoms with Crippen LogP contribution >= 0.6 is 15.9 Å². The zero-order valence-corrected chi connectivity index (χ0v) is 17.0. The number of carbonyl (C=O) groups excluding carboxylic acids is 1. The Hall–Kier alpha value is -1.86. The Kier molecular flexibility index (Phi) is 5.58. The zero-order valence-electron chi connectivity index (χ0n) is 14.6. The summed E-state index contributed by atoms with van der Waals surface area (Å²) in [6, 6.07) is 11.6. The Balaban J connectivity index is 2.25. The third kappa shape index (κ3) is 5.06. The number of hydrogen-bond donors (Lipinski definition) is 2. The Morgan fingerprint density at radius 2 is 1.68 bits per heavy atom. The van der Waals surface area contributed by atoms with Gasteiger partial charge in [0.05, 0.1) is 5.69 Å². The van der Waals surface area contributed by atoms with E-state index in [-0.39, 0.29) is 10.8 Å². The van der Waals surface area contributed by atoms with Gasteiger partial charge in [0.1, 0.15) is 4.90 Å². The number of nitrogens with one attached hydrogen (secondary N) is 2. The number of sulfonamides is 1. The van der Waals surface area contributed by atoms with Gasteiger partial charge in [0.25, 0.3) is 10.0 Å². The minimum Gasteiger partial charge on any atom is -0.326 e. The second-order valence-electron chi connectivity index (χ2n) is 6.82. The minimum absolute atomic E-state index is 0.145. The SMILES string of the molecule is Cc1ccc(S(=O)(=O)Nc2cccc(NC(=O)C(C)(C)C)c2)c(Br)c1. The second kappa shape index (κ2) is 7.17. The van der Waals surface area contributed by atoms with E-state index in [2.05, 4.69) is 26.0 Å². The predicted molar refractivity (Wildman–Crippen MR) is 104 cm³/mol. The number of amides is 1. The highest BCUT2D eigenvalue weighted by Gasteiger charge is 2.22. The second-order valence-corrected chi connectivity index (χ2v) is 9.33. The van der Waals surface area contributed by atoms with Gasteiger partial charge in [-0.25, -0.2) is 8.42 Å². The third-order valence-electron chi connectivity index (χ3n) is 3.43. The van der Waals surface area contributed by atoms with Gasteiger partial charge in [-0.2, -0.15) is 0 Å². The predicted octanol–water partition coefficient (Wildman–Crippen LogP) is 4.54. The van der Waals surface area contributed by atoms with Gasteiger partial charge < -0.3 is 5.32 Å². The van der Waals surface area contributed by atoms with E-state index in [0.29, 0.717) is 15.8 Å². The van der Waals surface area contributed by atoms with Gasteiger partial charge in [0, 0.05) is 15.6 Å². The maximum atomic E-state index is 12.6. The van der Waals surface area contributed by atoms with Gasteiger partial charge in [0.2, 0.25) is 5.91 Å². The molecule has 0 bridgehead atoms. The van der Waals surface area contributed by atoms with Crippen molar-refractivity contribution in [1.82, 2.24) is 0 Å². The van der Waals surface area contributed by atoms with E-state index in [1.165, 1.54) is 0 Å². The maximum Gasteiger partial charge on any atom is 0.263 e. The lowest BCUT2D eigenvalue weighted by molar-refractivity contribution is -0.123. The Morgan fingerprint density at radius 1 is 1.04 bits per heavy atom. The first kappa shape index (κ1) is 19.5. The molecule has 2 aromatic carbocycles. The molecule has 0 aliphatic heterocycles. The minimum atomic E-state index is -3.74. The van der Waals surface area contributed by atoms with E-state index in [9.17, 15) is 13.2 Å². The number of aryl methyl sites for hydroxylation is 1. The molecule has 0 spiro atoms. The average Bonchev–Trinajstić information content (AvgIpc) is 2.45. The molecule has 2 N–H and O–H groups in total. The van der Waals surface area contributed by atoms with Gasteiger partial charge in [-0.1, -0.05) is 32.9 Å². The molecule has 0 fully saturated rings. The summed E-state index contributed by atoms with van der Waals surface area (Å²) >= 11 is 3.29. The number of anilines is 2. The molecule has 0 saturated heterocycles. The fourth-order valence-corrected chi connectivity index (χ4v) is 4.26. The van der Waals surface area contributed by atoms with Crippen LogP contribution in [0, 0.1) is 12.3 Å². The molecule has 0 aromatic heterocycles. The summed E-state index contributed by atoms with van der Waals surface area (Å²) in [5, 5.41) is 2.78. The van der Waals surface area contributed by atoms with Crippen LogP contribution in [0.1, 0.15) is 26.3 Å². The van der Waals surface area contributed by atoms with Gasteiger partial charge in [0.15, 0.2) is 0 Å². The van der Waals surface area contributed by atoms with Crippen molar-refractivity contribution in [2.45, 2.75) is 32.6 Å². The number of halogens is 1. The van der Waals surface area contributed by atoms with Crippen LogP contribution in [0.25, 0.3) is 0 Å². The zero-order chi connectivity index (χ0) is 18.8. The summed E-state index contributed by atoms with van der Waals surface area (Å²) in [6.07, 6.45) is 0. The van der Waals surface area contributed by atoms with Crippen molar-refractivity contribution >= 4 is 43.2 Å². The summed E-state index contributed by atoms with van der Waals surface area (Å²) in [5.74, 6) is -0.145. The van der Waals surface area contributed by atoms with Crippen LogP contribution in [0.3, 0.4) is 0 Å². The molecule has 2 rings (SSSR count). The van der Waals surface area contributed by atoms with Crippen LogP contribution in [-0.2, 0) is 14.8 Å². The van der Waals surface area contributed by atoms with Crippen molar-refractivity contribution in [3.05, 3.63) is 52.5 Å². The van der Waals surface area contributed by atoms with Gasteiger partial charge in [-0.3, -0.25) is 9.52 Å². The van der Waals surface area contributed by atoms with Crippen molar-refractivity contribution in [3.63, 3.8) is 0 Å². The van der Waals surface area contributed by atoms with Crippen molar-refractivity contribution in [1.29, 1.82) is 0 Å². The number of rotatable bonds is 4. The topological polar surface area (TPSA) is 75.3 Å². The van der Waals surface area contributed by atoms with Crippen molar-refractivity contribution in [3.8, 4) is 0 Å². The van der Waals surface area contributed by atoms with E-state index in [4.69, 9.17) is 0 Å². The van der Waals surface area contributed by atoms with Crippen LogP contribution in [-0.4, -0.2) is 14.3 Å². The van der Waals surface area contributed by atoms with Crippen LogP contribution in [0.4, 0.5) is 11.4 Å². The monoisotopic (exact) mass is 424 g/mol. The number of benzene rings is 2.